The lowest BCUT2D eigenvalue weighted by Gasteiger charge is -2.36. The standard InChI is InChI=1S/C38H37FN8O4/c1-50-33-8-4-3-7-27(33)29-21-28(26-6-5-13-46(24-26)35(48)11-14-47-15-12-41-43-47)36(39)37-30(29)22-31(42-37)38(49)45-18-16-44(17-19-45)32-20-25(23-40)9-10-34(32)51-2/h3-4,6-10,12,15,20-22,42H,5,11,13-14,16-19,24H2,1-2H3. The quantitative estimate of drug-likeness (QED) is 0.226. The van der Waals surface area contributed by atoms with Gasteiger partial charge in [0.1, 0.15) is 17.2 Å². The van der Waals surface area contributed by atoms with Crippen molar-refractivity contribution in [1.29, 1.82) is 5.26 Å². The number of ether oxygens (including phenoxy) is 2. The number of fused-ring (bicyclic) bond motifs is 1. The second kappa shape index (κ2) is 14.4. The van der Waals surface area contributed by atoms with E-state index in [1.807, 2.05) is 30.3 Å². The molecule has 0 unspecified atom stereocenters. The first-order valence-corrected chi connectivity index (χ1v) is 16.8. The van der Waals surface area contributed by atoms with Crippen molar-refractivity contribution < 1.29 is 23.5 Å². The molecule has 260 valence electrons. The molecule has 1 saturated heterocycles. The van der Waals surface area contributed by atoms with Gasteiger partial charge in [-0.1, -0.05) is 29.5 Å². The number of nitrogens with one attached hydrogen (secondary N) is 1. The second-order valence-electron chi connectivity index (χ2n) is 12.5. The van der Waals surface area contributed by atoms with Crippen molar-refractivity contribution >= 4 is 34.0 Å². The van der Waals surface area contributed by atoms with E-state index in [2.05, 4.69) is 26.3 Å². The zero-order chi connectivity index (χ0) is 35.5. The Kier molecular flexibility index (Phi) is 9.39. The van der Waals surface area contributed by atoms with Gasteiger partial charge in [0, 0.05) is 68.4 Å². The van der Waals surface area contributed by atoms with Crippen LogP contribution in [0, 0.1) is 17.1 Å². The number of nitriles is 1. The van der Waals surface area contributed by atoms with Crippen LogP contribution in [-0.4, -0.2) is 95.1 Å². The van der Waals surface area contributed by atoms with Gasteiger partial charge in [0.15, 0.2) is 5.82 Å². The molecule has 0 radical (unpaired) electrons. The summed E-state index contributed by atoms with van der Waals surface area (Å²) in [5.74, 6) is 0.496. The van der Waals surface area contributed by atoms with Crippen LogP contribution in [-0.2, 0) is 11.3 Å². The van der Waals surface area contributed by atoms with E-state index in [9.17, 15) is 14.9 Å². The molecule has 1 N–H and O–H groups in total. The largest absolute Gasteiger partial charge is 0.496 e. The number of methoxy groups -OCH3 is 2. The molecule has 4 heterocycles. The van der Waals surface area contributed by atoms with Crippen LogP contribution in [0.3, 0.4) is 0 Å². The fourth-order valence-electron chi connectivity index (χ4n) is 6.90. The summed E-state index contributed by atoms with van der Waals surface area (Å²) in [6.07, 6.45) is 6.09. The Morgan fingerprint density at radius 3 is 2.49 bits per heavy atom. The number of aromatic nitrogens is 4. The van der Waals surface area contributed by atoms with Crippen LogP contribution in [0.15, 0.2) is 73.1 Å². The first-order chi connectivity index (χ1) is 24.9. The van der Waals surface area contributed by atoms with Crippen molar-refractivity contribution in [3.8, 4) is 28.7 Å². The third-order valence-corrected chi connectivity index (χ3v) is 9.57. The summed E-state index contributed by atoms with van der Waals surface area (Å²) in [5.41, 5.74) is 4.34. The number of rotatable bonds is 9. The van der Waals surface area contributed by atoms with Gasteiger partial charge in [-0.2, -0.15) is 5.26 Å². The minimum Gasteiger partial charge on any atom is -0.496 e. The third-order valence-electron chi connectivity index (χ3n) is 9.57. The van der Waals surface area contributed by atoms with E-state index in [1.165, 1.54) is 0 Å². The Morgan fingerprint density at radius 2 is 1.75 bits per heavy atom. The normalized spacial score (nSPS) is 14.7. The zero-order valence-electron chi connectivity index (χ0n) is 28.4. The molecule has 51 heavy (non-hydrogen) atoms. The predicted molar refractivity (Wildman–Crippen MR) is 190 cm³/mol. The highest BCUT2D eigenvalue weighted by Gasteiger charge is 2.28. The van der Waals surface area contributed by atoms with E-state index in [0.29, 0.717) is 84.8 Å². The van der Waals surface area contributed by atoms with Gasteiger partial charge in [-0.05, 0) is 54.0 Å². The van der Waals surface area contributed by atoms with E-state index < -0.39 is 5.82 Å². The number of carbonyl (C=O) groups is 2. The van der Waals surface area contributed by atoms with Crippen LogP contribution in [0.4, 0.5) is 10.1 Å². The molecule has 0 atom stereocenters. The molecule has 2 amide bonds. The lowest BCUT2D eigenvalue weighted by atomic mass is 9.93. The van der Waals surface area contributed by atoms with Crippen molar-refractivity contribution in [3.05, 3.63) is 95.7 Å². The number of nitrogens with zero attached hydrogens (tertiary/aromatic N) is 7. The second-order valence-corrected chi connectivity index (χ2v) is 12.5. The van der Waals surface area contributed by atoms with Crippen molar-refractivity contribution in [3.63, 3.8) is 0 Å². The highest BCUT2D eigenvalue weighted by molar-refractivity contribution is 6.05. The van der Waals surface area contributed by atoms with Gasteiger partial charge in [-0.25, -0.2) is 4.39 Å². The van der Waals surface area contributed by atoms with E-state index >= 15 is 4.39 Å². The predicted octanol–water partition coefficient (Wildman–Crippen LogP) is 5.12. The maximum Gasteiger partial charge on any atom is 0.270 e. The number of para-hydroxylation sites is 1. The van der Waals surface area contributed by atoms with Gasteiger partial charge in [0.2, 0.25) is 5.91 Å². The molecule has 0 bridgehead atoms. The first kappa shape index (κ1) is 33.3. The van der Waals surface area contributed by atoms with Crippen LogP contribution < -0.4 is 14.4 Å². The Balaban J connectivity index is 1.18. The van der Waals surface area contributed by atoms with Gasteiger partial charge in [-0.15, -0.1) is 5.10 Å². The number of hydrogen-bond acceptors (Lipinski definition) is 8. The fraction of sp³-hybridized carbons (Fsp3) is 0.289. The maximum absolute atomic E-state index is 16.7. The highest BCUT2D eigenvalue weighted by atomic mass is 19.1. The maximum atomic E-state index is 16.7. The number of amides is 2. The summed E-state index contributed by atoms with van der Waals surface area (Å²) in [4.78, 5) is 35.9. The molecule has 13 heteroatoms. The van der Waals surface area contributed by atoms with Gasteiger partial charge in [-0.3, -0.25) is 14.3 Å². The molecule has 12 nitrogen and oxygen atoms in total. The van der Waals surface area contributed by atoms with Gasteiger partial charge >= 0.3 is 0 Å². The molecule has 2 aromatic heterocycles. The summed E-state index contributed by atoms with van der Waals surface area (Å²) in [7, 11) is 3.18. The van der Waals surface area contributed by atoms with Crippen molar-refractivity contribution in [1.82, 2.24) is 29.8 Å². The van der Waals surface area contributed by atoms with Crippen molar-refractivity contribution in [2.45, 2.75) is 19.4 Å². The average molecular weight is 689 g/mol. The third kappa shape index (κ3) is 6.60. The van der Waals surface area contributed by atoms with E-state index in [-0.39, 0.29) is 36.0 Å². The van der Waals surface area contributed by atoms with Crippen LogP contribution >= 0.6 is 0 Å². The SMILES string of the molecule is COc1ccccc1-c1cc(C2=CCCN(C(=O)CCn3ccnn3)C2)c(F)c2[nH]c(C(=O)N3CCN(c4cc(C#N)ccc4OC)CC3)cc12. The average Bonchev–Trinajstić information content (AvgIpc) is 3.88. The molecule has 5 aromatic rings. The van der Waals surface area contributed by atoms with Crippen LogP contribution in [0.5, 0.6) is 11.5 Å². The number of carbonyl (C=O) groups excluding carboxylic acids is 2. The zero-order valence-corrected chi connectivity index (χ0v) is 28.4. The van der Waals surface area contributed by atoms with Crippen molar-refractivity contribution in [2.75, 3.05) is 58.4 Å². The van der Waals surface area contributed by atoms with Crippen LogP contribution in [0.1, 0.15) is 34.5 Å². The summed E-state index contributed by atoms with van der Waals surface area (Å²) in [6, 6.07) is 18.5. The van der Waals surface area contributed by atoms with E-state index in [1.54, 1.807) is 71.4 Å². The number of aryl methyl sites for hydroxylation is 1. The molecule has 0 spiro atoms. The number of halogens is 1. The summed E-state index contributed by atoms with van der Waals surface area (Å²) in [5, 5.41) is 17.7. The van der Waals surface area contributed by atoms with E-state index in [0.717, 1.165) is 11.3 Å². The topological polar surface area (TPSA) is 133 Å². The molecular formula is C38H37FN8O4. The van der Waals surface area contributed by atoms with Crippen LogP contribution in [0.25, 0.3) is 27.6 Å². The van der Waals surface area contributed by atoms with Crippen LogP contribution in [0.2, 0.25) is 0 Å². The smallest absolute Gasteiger partial charge is 0.270 e. The number of aromatic amines is 1. The van der Waals surface area contributed by atoms with E-state index in [4.69, 9.17) is 9.47 Å². The molecule has 7 rings (SSSR count). The lowest BCUT2D eigenvalue weighted by Crippen LogP contribution is -2.49. The Morgan fingerprint density at radius 1 is 0.941 bits per heavy atom. The molecule has 0 aliphatic carbocycles. The Labute approximate surface area is 294 Å². The molecular weight excluding hydrogens is 651 g/mol. The summed E-state index contributed by atoms with van der Waals surface area (Å²) in [6.45, 7) is 3.11. The number of H-pyrrole nitrogens is 1. The van der Waals surface area contributed by atoms with Gasteiger partial charge < -0.3 is 29.2 Å². The Hall–Kier alpha value is -6.16. The Bertz CT molecular complexity index is 2160. The minimum atomic E-state index is -0.486. The highest BCUT2D eigenvalue weighted by Crippen LogP contribution is 2.40. The fourth-order valence-corrected chi connectivity index (χ4v) is 6.90. The van der Waals surface area contributed by atoms with Gasteiger partial charge in [0.05, 0.1) is 49.8 Å². The minimum absolute atomic E-state index is 0.0494. The number of piperazine rings is 1. The molecule has 2 aliphatic heterocycles. The van der Waals surface area contributed by atoms with Gasteiger partial charge in [0.25, 0.3) is 5.91 Å². The molecule has 2 aliphatic rings. The number of hydrogen-bond donors (Lipinski definition) is 1. The number of benzene rings is 3. The first-order valence-electron chi connectivity index (χ1n) is 16.8. The summed E-state index contributed by atoms with van der Waals surface area (Å²) >= 11 is 0. The van der Waals surface area contributed by atoms with Crippen molar-refractivity contribution in [2.24, 2.45) is 0 Å². The molecule has 0 saturated carbocycles. The summed E-state index contributed by atoms with van der Waals surface area (Å²) < 4.78 is 29.6. The monoisotopic (exact) mass is 688 g/mol. The number of anilines is 1. The lowest BCUT2D eigenvalue weighted by molar-refractivity contribution is -0.131. The molecule has 1 fully saturated rings. The molecule has 3 aromatic carbocycles.